The molecule has 0 saturated carbocycles. The Bertz CT molecular complexity index is 802. The predicted molar refractivity (Wildman–Crippen MR) is 97.4 cm³/mol. The zero-order valence-electron chi connectivity index (χ0n) is 12.4. The number of nitrogens with one attached hydrogen (secondary N) is 2. The number of hydrogen-bond acceptors (Lipinski definition) is 4. The second-order valence-corrected chi connectivity index (χ2v) is 5.94. The quantitative estimate of drug-likeness (QED) is 0.676. The van der Waals surface area contributed by atoms with E-state index in [1.807, 2.05) is 36.4 Å². The Morgan fingerprint density at radius 3 is 1.78 bits per heavy atom. The van der Waals surface area contributed by atoms with Crippen LogP contribution in [-0.4, -0.2) is 15.0 Å². The van der Waals surface area contributed by atoms with Crippen molar-refractivity contribution in [1.29, 1.82) is 0 Å². The molecule has 4 nitrogen and oxygen atoms in total. The predicted octanol–water partition coefficient (Wildman–Crippen LogP) is 4.40. The van der Waals surface area contributed by atoms with Crippen LogP contribution in [0.25, 0.3) is 0 Å². The van der Waals surface area contributed by atoms with Crippen molar-refractivity contribution in [2.75, 3.05) is 4.90 Å². The van der Waals surface area contributed by atoms with Gasteiger partial charge in [0, 0.05) is 13.1 Å². The van der Waals surface area contributed by atoms with Gasteiger partial charge in [0.2, 0.25) is 10.7 Å². The summed E-state index contributed by atoms with van der Waals surface area (Å²) in [5, 5.41) is 0. The van der Waals surface area contributed by atoms with Crippen LogP contribution >= 0.6 is 24.4 Å². The first-order valence-electron chi connectivity index (χ1n) is 7.24. The third kappa shape index (κ3) is 4.34. The fraction of sp³-hybridized carbons (Fsp3) is 0.118. The minimum absolute atomic E-state index is 0.384. The molecule has 116 valence electrons. The number of H-pyrrole nitrogens is 2. The van der Waals surface area contributed by atoms with Crippen LogP contribution in [0.4, 0.5) is 5.95 Å². The van der Waals surface area contributed by atoms with Crippen molar-refractivity contribution in [1.82, 2.24) is 15.0 Å². The number of rotatable bonds is 5. The van der Waals surface area contributed by atoms with Gasteiger partial charge in [-0.05, 0) is 35.6 Å². The van der Waals surface area contributed by atoms with E-state index in [1.54, 1.807) is 0 Å². The molecule has 0 unspecified atom stereocenters. The molecule has 0 aliphatic rings. The van der Waals surface area contributed by atoms with Gasteiger partial charge >= 0.3 is 0 Å². The molecule has 0 bridgehead atoms. The molecule has 0 spiro atoms. The first kappa shape index (κ1) is 15.6. The lowest BCUT2D eigenvalue weighted by molar-refractivity contribution is 0.752. The molecule has 3 rings (SSSR count). The Hall–Kier alpha value is -2.31. The second kappa shape index (κ2) is 7.30. The molecule has 0 aliphatic heterocycles. The highest BCUT2D eigenvalue weighted by Crippen LogP contribution is 2.15. The van der Waals surface area contributed by atoms with E-state index in [0.717, 1.165) is 0 Å². The van der Waals surface area contributed by atoms with Gasteiger partial charge in [-0.3, -0.25) is 0 Å². The van der Waals surface area contributed by atoms with E-state index >= 15 is 0 Å². The Labute approximate surface area is 144 Å². The number of aromatic nitrogens is 3. The van der Waals surface area contributed by atoms with Gasteiger partial charge in [0.15, 0.2) is 4.77 Å². The van der Waals surface area contributed by atoms with Crippen LogP contribution in [0.5, 0.6) is 0 Å². The summed E-state index contributed by atoms with van der Waals surface area (Å²) in [6.45, 7) is 1.43. The zero-order valence-corrected chi connectivity index (χ0v) is 14.0. The molecule has 6 heteroatoms. The highest BCUT2D eigenvalue weighted by atomic mass is 32.1. The maximum absolute atomic E-state index is 5.19. The van der Waals surface area contributed by atoms with Crippen LogP contribution < -0.4 is 4.90 Å². The normalized spacial score (nSPS) is 10.4. The lowest BCUT2D eigenvalue weighted by Crippen LogP contribution is -2.24. The van der Waals surface area contributed by atoms with Crippen LogP contribution in [0, 0.1) is 9.54 Å². The van der Waals surface area contributed by atoms with Crippen molar-refractivity contribution in [3.63, 3.8) is 0 Å². The molecule has 0 saturated heterocycles. The minimum atomic E-state index is 0.384. The number of anilines is 1. The van der Waals surface area contributed by atoms with Crippen LogP contribution in [0.1, 0.15) is 11.1 Å². The summed E-state index contributed by atoms with van der Waals surface area (Å²) >= 11 is 10.3. The molecule has 23 heavy (non-hydrogen) atoms. The van der Waals surface area contributed by atoms with Gasteiger partial charge in [-0.15, -0.1) is 0 Å². The average molecular weight is 340 g/mol. The second-order valence-electron chi connectivity index (χ2n) is 5.15. The summed E-state index contributed by atoms with van der Waals surface area (Å²) in [5.74, 6) is 0.673. The third-order valence-corrected chi connectivity index (χ3v) is 3.78. The summed E-state index contributed by atoms with van der Waals surface area (Å²) in [6.07, 6.45) is 0. The Balaban J connectivity index is 1.95. The molecule has 0 radical (unpaired) electrons. The smallest absolute Gasteiger partial charge is 0.208 e. The first-order valence-corrected chi connectivity index (χ1v) is 8.06. The summed E-state index contributed by atoms with van der Waals surface area (Å²) in [5.41, 5.74) is 2.40. The fourth-order valence-corrected chi connectivity index (χ4v) is 2.79. The molecule has 2 N–H and O–H groups in total. The molecular formula is C17H16N4S2. The third-order valence-electron chi connectivity index (χ3n) is 3.39. The molecular weight excluding hydrogens is 324 g/mol. The monoisotopic (exact) mass is 340 g/mol. The van der Waals surface area contributed by atoms with E-state index in [-0.39, 0.29) is 0 Å². The van der Waals surface area contributed by atoms with Gasteiger partial charge in [-0.2, -0.15) is 4.98 Å². The van der Waals surface area contributed by atoms with Crippen LogP contribution in [0.15, 0.2) is 60.7 Å². The van der Waals surface area contributed by atoms with Gasteiger partial charge in [-0.25, -0.2) is 0 Å². The lowest BCUT2D eigenvalue weighted by Gasteiger charge is -2.23. The Morgan fingerprint density at radius 1 is 0.783 bits per heavy atom. The van der Waals surface area contributed by atoms with Gasteiger partial charge in [0.05, 0.1) is 0 Å². The lowest BCUT2D eigenvalue weighted by atomic mass is 10.2. The van der Waals surface area contributed by atoms with E-state index < -0.39 is 0 Å². The van der Waals surface area contributed by atoms with Crippen LogP contribution in [0.3, 0.4) is 0 Å². The van der Waals surface area contributed by atoms with E-state index in [9.17, 15) is 0 Å². The molecule has 0 amide bonds. The van der Waals surface area contributed by atoms with Crippen LogP contribution in [0.2, 0.25) is 0 Å². The minimum Gasteiger partial charge on any atom is -0.334 e. The largest absolute Gasteiger partial charge is 0.334 e. The Kier molecular flexibility index (Phi) is 4.95. The zero-order chi connectivity index (χ0) is 16.1. The van der Waals surface area contributed by atoms with Crippen molar-refractivity contribution >= 4 is 30.4 Å². The van der Waals surface area contributed by atoms with Gasteiger partial charge in [-0.1, -0.05) is 60.7 Å². The number of hydrogen-bond donors (Lipinski definition) is 2. The topological polar surface area (TPSA) is 47.7 Å². The molecule has 3 aromatic rings. The summed E-state index contributed by atoms with van der Waals surface area (Å²) in [7, 11) is 0. The standard InChI is InChI=1S/C17H16N4S2/c22-16-18-15(19-17(23)20-16)21(11-13-7-3-1-4-8-13)12-14-9-5-2-6-10-14/h1-10H,11-12H2,(H2,18,19,20,22,23). The van der Waals surface area contributed by atoms with Gasteiger partial charge in [0.25, 0.3) is 0 Å². The SMILES string of the molecule is S=c1nc(N(Cc2ccccc2)Cc2ccccc2)[nH]c(=S)[nH]1. The highest BCUT2D eigenvalue weighted by Gasteiger charge is 2.11. The van der Waals surface area contributed by atoms with E-state index in [2.05, 4.69) is 44.1 Å². The summed E-state index contributed by atoms with van der Waals surface area (Å²) in [6, 6.07) is 20.5. The molecule has 0 fully saturated rings. The van der Waals surface area contributed by atoms with Crippen molar-refractivity contribution in [2.24, 2.45) is 0 Å². The number of aromatic amines is 2. The fourth-order valence-electron chi connectivity index (χ4n) is 2.35. The number of nitrogens with zero attached hydrogens (tertiary/aromatic N) is 2. The highest BCUT2D eigenvalue weighted by molar-refractivity contribution is 7.71. The molecule has 2 aromatic carbocycles. The molecule has 1 aromatic heterocycles. The van der Waals surface area contributed by atoms with Crippen LogP contribution in [-0.2, 0) is 13.1 Å². The molecule has 0 aliphatic carbocycles. The van der Waals surface area contributed by atoms with E-state index in [4.69, 9.17) is 24.4 Å². The Morgan fingerprint density at radius 2 is 1.30 bits per heavy atom. The van der Waals surface area contributed by atoms with Gasteiger partial charge in [0.1, 0.15) is 0 Å². The number of benzene rings is 2. The van der Waals surface area contributed by atoms with Crippen molar-refractivity contribution in [3.05, 3.63) is 81.3 Å². The maximum Gasteiger partial charge on any atom is 0.208 e. The van der Waals surface area contributed by atoms with E-state index in [1.165, 1.54) is 11.1 Å². The first-order chi connectivity index (χ1) is 11.2. The summed E-state index contributed by atoms with van der Waals surface area (Å²) < 4.78 is 0.862. The van der Waals surface area contributed by atoms with Crippen molar-refractivity contribution in [3.8, 4) is 0 Å². The maximum atomic E-state index is 5.19. The summed E-state index contributed by atoms with van der Waals surface area (Å²) in [4.78, 5) is 12.4. The van der Waals surface area contributed by atoms with E-state index in [0.29, 0.717) is 28.6 Å². The van der Waals surface area contributed by atoms with Crippen molar-refractivity contribution in [2.45, 2.75) is 13.1 Å². The average Bonchev–Trinajstić information content (AvgIpc) is 2.55. The molecule has 0 atom stereocenters. The van der Waals surface area contributed by atoms with Crippen molar-refractivity contribution < 1.29 is 0 Å². The molecule has 1 heterocycles. The van der Waals surface area contributed by atoms with Gasteiger partial charge < -0.3 is 14.9 Å².